The van der Waals surface area contributed by atoms with Gasteiger partial charge in [-0.25, -0.2) is 4.79 Å². The average molecular weight is 433 g/mol. The molecule has 1 fully saturated rings. The molecule has 0 unspecified atom stereocenters. The van der Waals surface area contributed by atoms with Crippen LogP contribution < -0.4 is 10.6 Å². The summed E-state index contributed by atoms with van der Waals surface area (Å²) >= 11 is 0. The molecule has 5 nitrogen and oxygen atoms in total. The third-order valence-electron chi connectivity index (χ3n) is 5.65. The Morgan fingerprint density at radius 1 is 1.00 bits per heavy atom. The number of hydrogen-bond acceptors (Lipinski definition) is 2. The lowest BCUT2D eigenvalue weighted by Gasteiger charge is -2.38. The average Bonchev–Trinajstić information content (AvgIpc) is 2.74. The molecular formula is C23H26F3N3O2. The van der Waals surface area contributed by atoms with Gasteiger partial charge < -0.3 is 15.5 Å². The molecule has 1 aliphatic rings. The second-order valence-electron chi connectivity index (χ2n) is 7.79. The first-order valence-electron chi connectivity index (χ1n) is 10.3. The van der Waals surface area contributed by atoms with Gasteiger partial charge in [0, 0.05) is 30.9 Å². The Morgan fingerprint density at radius 2 is 1.71 bits per heavy atom. The van der Waals surface area contributed by atoms with Gasteiger partial charge in [-0.2, -0.15) is 13.2 Å². The quantitative estimate of drug-likeness (QED) is 0.643. The first kappa shape index (κ1) is 22.7. The lowest BCUT2D eigenvalue weighted by Crippen LogP contribution is -2.46. The maximum absolute atomic E-state index is 12.9. The number of likely N-dealkylation sites (tertiary alicyclic amines) is 1. The van der Waals surface area contributed by atoms with E-state index in [9.17, 15) is 22.8 Å². The highest BCUT2D eigenvalue weighted by atomic mass is 19.4. The summed E-state index contributed by atoms with van der Waals surface area (Å²) in [5, 5.41) is 5.46. The van der Waals surface area contributed by atoms with Gasteiger partial charge in [0.25, 0.3) is 0 Å². The van der Waals surface area contributed by atoms with Crippen molar-refractivity contribution in [2.24, 2.45) is 11.8 Å². The molecule has 0 saturated carbocycles. The molecule has 0 bridgehead atoms. The van der Waals surface area contributed by atoms with E-state index in [4.69, 9.17) is 0 Å². The van der Waals surface area contributed by atoms with Crippen LogP contribution in [0.1, 0.15) is 31.7 Å². The summed E-state index contributed by atoms with van der Waals surface area (Å²) in [6.07, 6.45) is -2.63. The lowest BCUT2D eigenvalue weighted by molar-refractivity contribution is -0.137. The fourth-order valence-corrected chi connectivity index (χ4v) is 3.94. The minimum absolute atomic E-state index is 0.0588. The zero-order valence-electron chi connectivity index (χ0n) is 17.3. The molecule has 3 amide bonds. The molecule has 0 radical (unpaired) electrons. The van der Waals surface area contributed by atoms with Gasteiger partial charge in [0.1, 0.15) is 0 Å². The van der Waals surface area contributed by atoms with Crippen LogP contribution in [0.4, 0.5) is 29.3 Å². The van der Waals surface area contributed by atoms with Gasteiger partial charge >= 0.3 is 12.2 Å². The van der Waals surface area contributed by atoms with E-state index in [1.807, 2.05) is 37.3 Å². The Hall–Kier alpha value is -3.03. The fourth-order valence-electron chi connectivity index (χ4n) is 3.94. The van der Waals surface area contributed by atoms with Crippen molar-refractivity contribution in [1.82, 2.24) is 4.90 Å². The minimum atomic E-state index is -4.47. The van der Waals surface area contributed by atoms with Gasteiger partial charge in [0.2, 0.25) is 5.91 Å². The van der Waals surface area contributed by atoms with Crippen molar-refractivity contribution in [3.05, 3.63) is 60.2 Å². The van der Waals surface area contributed by atoms with E-state index in [-0.39, 0.29) is 23.4 Å². The summed E-state index contributed by atoms with van der Waals surface area (Å²) < 4.78 is 38.7. The molecule has 8 heteroatoms. The number of nitrogens with zero attached hydrogens (tertiary/aromatic N) is 1. The number of piperidine rings is 1. The van der Waals surface area contributed by atoms with Crippen LogP contribution in [0.2, 0.25) is 0 Å². The zero-order chi connectivity index (χ0) is 22.4. The number of amides is 3. The number of alkyl halides is 3. The Bertz CT molecular complexity index is 902. The second-order valence-corrected chi connectivity index (χ2v) is 7.79. The molecule has 0 spiro atoms. The molecule has 1 heterocycles. The van der Waals surface area contributed by atoms with Crippen LogP contribution in [0, 0.1) is 11.8 Å². The smallest absolute Gasteiger partial charge is 0.326 e. The van der Waals surface area contributed by atoms with Crippen LogP contribution >= 0.6 is 0 Å². The van der Waals surface area contributed by atoms with Crippen molar-refractivity contribution < 1.29 is 22.8 Å². The van der Waals surface area contributed by atoms with Crippen LogP contribution in [0.15, 0.2) is 54.6 Å². The van der Waals surface area contributed by atoms with E-state index in [1.54, 1.807) is 4.90 Å². The molecule has 0 aromatic heterocycles. The van der Waals surface area contributed by atoms with E-state index >= 15 is 0 Å². The summed E-state index contributed by atoms with van der Waals surface area (Å²) in [4.78, 5) is 26.6. The molecule has 2 N–H and O–H groups in total. The van der Waals surface area contributed by atoms with Gasteiger partial charge in [0.05, 0.1) is 5.56 Å². The maximum Gasteiger partial charge on any atom is 0.416 e. The van der Waals surface area contributed by atoms with Crippen LogP contribution in [-0.2, 0) is 11.0 Å². The highest BCUT2D eigenvalue weighted by Crippen LogP contribution is 2.32. The third-order valence-corrected chi connectivity index (χ3v) is 5.65. The van der Waals surface area contributed by atoms with Crippen molar-refractivity contribution in [2.45, 2.75) is 32.4 Å². The van der Waals surface area contributed by atoms with Crippen LogP contribution in [-0.4, -0.2) is 29.9 Å². The van der Waals surface area contributed by atoms with Crippen molar-refractivity contribution in [3.8, 4) is 0 Å². The predicted octanol–water partition coefficient (Wildman–Crippen LogP) is 5.61. The highest BCUT2D eigenvalue weighted by molar-refractivity contribution is 5.91. The van der Waals surface area contributed by atoms with E-state index < -0.39 is 17.8 Å². The third kappa shape index (κ3) is 6.23. The summed E-state index contributed by atoms with van der Waals surface area (Å²) in [5.74, 6) is 0.227. The van der Waals surface area contributed by atoms with Gasteiger partial charge in [-0.15, -0.1) is 0 Å². The number of urea groups is 1. The number of halogens is 3. The number of hydrogen-bond donors (Lipinski definition) is 2. The predicted molar refractivity (Wildman–Crippen MR) is 114 cm³/mol. The van der Waals surface area contributed by atoms with Crippen LogP contribution in [0.3, 0.4) is 0 Å². The lowest BCUT2D eigenvalue weighted by atomic mass is 9.81. The molecule has 166 valence electrons. The summed E-state index contributed by atoms with van der Waals surface area (Å²) in [6, 6.07) is 13.4. The Kier molecular flexibility index (Phi) is 7.20. The second kappa shape index (κ2) is 9.85. The van der Waals surface area contributed by atoms with E-state index in [1.165, 1.54) is 12.1 Å². The van der Waals surface area contributed by atoms with Crippen molar-refractivity contribution >= 4 is 23.3 Å². The Balaban J connectivity index is 1.56. The van der Waals surface area contributed by atoms with Crippen LogP contribution in [0.5, 0.6) is 0 Å². The Morgan fingerprint density at radius 3 is 2.39 bits per heavy atom. The van der Waals surface area contributed by atoms with Gasteiger partial charge in [-0.3, -0.25) is 4.79 Å². The highest BCUT2D eigenvalue weighted by Gasteiger charge is 2.33. The summed E-state index contributed by atoms with van der Waals surface area (Å²) in [6.45, 7) is 2.93. The largest absolute Gasteiger partial charge is 0.416 e. The number of carbonyl (C=O) groups is 2. The maximum atomic E-state index is 12.9. The minimum Gasteiger partial charge on any atom is -0.326 e. The van der Waals surface area contributed by atoms with E-state index in [0.29, 0.717) is 25.9 Å². The molecular weight excluding hydrogens is 407 g/mol. The first-order chi connectivity index (χ1) is 14.8. The van der Waals surface area contributed by atoms with Gasteiger partial charge in [-0.1, -0.05) is 37.6 Å². The normalized spacial score (nSPS) is 19.0. The molecule has 1 saturated heterocycles. The number of rotatable bonds is 5. The van der Waals surface area contributed by atoms with Crippen molar-refractivity contribution in [2.75, 3.05) is 23.7 Å². The summed E-state index contributed by atoms with van der Waals surface area (Å²) in [5.41, 5.74) is 0.0514. The molecule has 31 heavy (non-hydrogen) atoms. The van der Waals surface area contributed by atoms with E-state index in [0.717, 1.165) is 24.2 Å². The standard InChI is InChI=1S/C23H26F3N3O2/c1-2-16-15-29(22(31)28-20-10-6-7-18(14-20)23(24,25)26)12-11-17(16)13-21(30)27-19-8-4-3-5-9-19/h3-10,14,16-17H,2,11-13,15H2,1H3,(H,27,30)(H,28,31)/t16-,17-/m0/s1. The molecule has 2 aromatic carbocycles. The number of para-hydroxylation sites is 1. The number of benzene rings is 2. The summed E-state index contributed by atoms with van der Waals surface area (Å²) in [7, 11) is 0. The first-order valence-corrected chi connectivity index (χ1v) is 10.3. The van der Waals surface area contributed by atoms with Crippen molar-refractivity contribution in [3.63, 3.8) is 0 Å². The Labute approximate surface area is 179 Å². The molecule has 1 aliphatic heterocycles. The zero-order valence-corrected chi connectivity index (χ0v) is 17.3. The monoisotopic (exact) mass is 433 g/mol. The fraction of sp³-hybridized carbons (Fsp3) is 0.391. The van der Waals surface area contributed by atoms with Crippen LogP contribution in [0.25, 0.3) is 0 Å². The number of nitrogens with one attached hydrogen (secondary N) is 2. The van der Waals surface area contributed by atoms with E-state index in [2.05, 4.69) is 10.6 Å². The molecule has 0 aliphatic carbocycles. The van der Waals surface area contributed by atoms with Gasteiger partial charge in [0.15, 0.2) is 0 Å². The molecule has 3 rings (SSSR count). The number of carbonyl (C=O) groups excluding carboxylic acids is 2. The number of anilines is 2. The van der Waals surface area contributed by atoms with Gasteiger partial charge in [-0.05, 0) is 48.6 Å². The topological polar surface area (TPSA) is 61.4 Å². The van der Waals surface area contributed by atoms with Crippen molar-refractivity contribution in [1.29, 1.82) is 0 Å². The molecule has 2 atom stereocenters. The molecule has 2 aromatic rings. The SMILES string of the molecule is CC[C@H]1CN(C(=O)Nc2cccc(C(F)(F)F)c2)CC[C@H]1CC(=O)Nc1ccccc1.